The van der Waals surface area contributed by atoms with E-state index < -0.39 is 0 Å². The topological polar surface area (TPSA) is 25.8 Å². The van der Waals surface area contributed by atoms with Crippen molar-refractivity contribution in [1.82, 2.24) is 9.97 Å². The molecular formula is C41H38N2. The Balaban J connectivity index is 1.38. The molecule has 1 heterocycles. The molecule has 7 rings (SSSR count). The van der Waals surface area contributed by atoms with Crippen LogP contribution in [-0.2, 0) is 18.3 Å². The first kappa shape index (κ1) is 27.3. The van der Waals surface area contributed by atoms with Crippen LogP contribution in [-0.4, -0.2) is 9.97 Å². The first-order valence-electron chi connectivity index (χ1n) is 15.5. The average Bonchev–Trinajstić information content (AvgIpc) is 3.24. The van der Waals surface area contributed by atoms with Crippen LogP contribution in [0.15, 0.2) is 121 Å². The monoisotopic (exact) mass is 558 g/mol. The van der Waals surface area contributed by atoms with Crippen LogP contribution in [0.25, 0.3) is 28.1 Å². The quantitative estimate of drug-likeness (QED) is 0.207. The van der Waals surface area contributed by atoms with E-state index in [4.69, 9.17) is 9.97 Å². The summed E-state index contributed by atoms with van der Waals surface area (Å²) in [7, 11) is 0. The van der Waals surface area contributed by atoms with Crippen LogP contribution in [0, 0.1) is 12.8 Å². The highest BCUT2D eigenvalue weighted by molar-refractivity contribution is 5.83. The smallest absolute Gasteiger partial charge is 0.0937 e. The van der Waals surface area contributed by atoms with Crippen molar-refractivity contribution in [1.29, 1.82) is 0 Å². The lowest BCUT2D eigenvalue weighted by Crippen LogP contribution is -2.17. The van der Waals surface area contributed by atoms with Crippen LogP contribution in [0.1, 0.15) is 66.4 Å². The summed E-state index contributed by atoms with van der Waals surface area (Å²) in [6.07, 6.45) is 7.63. The van der Waals surface area contributed by atoms with Crippen molar-refractivity contribution in [3.8, 4) is 22.5 Å². The number of nitrogens with zero attached hydrogens (tertiary/aromatic N) is 2. The number of hydrogen-bond acceptors (Lipinski definition) is 2. The van der Waals surface area contributed by atoms with E-state index in [2.05, 4.69) is 143 Å². The van der Waals surface area contributed by atoms with Gasteiger partial charge >= 0.3 is 0 Å². The number of aryl methyl sites for hydroxylation is 1. The second-order valence-corrected chi connectivity index (χ2v) is 12.7. The summed E-state index contributed by atoms with van der Waals surface area (Å²) in [4.78, 5) is 10.6. The highest BCUT2D eigenvalue weighted by Crippen LogP contribution is 2.47. The first-order chi connectivity index (χ1) is 20.9. The van der Waals surface area contributed by atoms with Gasteiger partial charge in [-0.25, -0.2) is 4.98 Å². The van der Waals surface area contributed by atoms with Gasteiger partial charge in [-0.2, -0.15) is 0 Å². The molecule has 4 aromatic carbocycles. The van der Waals surface area contributed by atoms with Gasteiger partial charge < -0.3 is 0 Å². The predicted molar refractivity (Wildman–Crippen MR) is 179 cm³/mol. The van der Waals surface area contributed by atoms with Crippen LogP contribution < -0.4 is 0 Å². The molecule has 2 aliphatic carbocycles. The van der Waals surface area contributed by atoms with Crippen molar-refractivity contribution in [2.24, 2.45) is 5.92 Å². The second-order valence-electron chi connectivity index (χ2n) is 12.7. The average molecular weight is 559 g/mol. The molecule has 212 valence electrons. The van der Waals surface area contributed by atoms with Crippen LogP contribution in [0.2, 0.25) is 0 Å². The van der Waals surface area contributed by atoms with Gasteiger partial charge in [0.05, 0.1) is 22.8 Å². The minimum atomic E-state index is -0.157. The lowest BCUT2D eigenvalue weighted by molar-refractivity contribution is 0.632. The van der Waals surface area contributed by atoms with Crippen molar-refractivity contribution >= 4 is 5.57 Å². The van der Waals surface area contributed by atoms with Gasteiger partial charge in [0, 0.05) is 16.5 Å². The van der Waals surface area contributed by atoms with Crippen LogP contribution in [0.3, 0.4) is 0 Å². The van der Waals surface area contributed by atoms with Gasteiger partial charge in [0.1, 0.15) is 0 Å². The van der Waals surface area contributed by atoms with Crippen molar-refractivity contribution in [2.75, 3.05) is 0 Å². The minimum Gasteiger partial charge on any atom is -0.253 e. The third-order valence-electron chi connectivity index (χ3n) is 9.38. The fraction of sp³-hybridized carbons (Fsp3) is 0.220. The summed E-state index contributed by atoms with van der Waals surface area (Å²) in [5.74, 6) is 0.498. The zero-order chi connectivity index (χ0) is 29.6. The highest BCUT2D eigenvalue weighted by atomic mass is 14.9. The molecule has 2 aliphatic rings. The number of aromatic nitrogens is 2. The number of benzene rings is 4. The number of allylic oxidation sites excluding steroid dienone is 4. The van der Waals surface area contributed by atoms with Gasteiger partial charge in [-0.05, 0) is 71.6 Å². The SMILES string of the molecule is Cc1nc2c(nc1-c1ccc(C3=C(Cc4ccccc4)C(C)CC=C3)c(Cc3ccccc3)c1)-c1ccccc1C2(C)C. The molecule has 1 atom stereocenters. The Bertz CT molecular complexity index is 1880. The van der Waals surface area contributed by atoms with Crippen molar-refractivity contribution in [3.63, 3.8) is 0 Å². The third kappa shape index (κ3) is 4.95. The standard InChI is InChI=1S/C41H38N2/c1-27-14-13-20-34(36(27)25-30-17-9-6-10-18-30)33-23-22-31(26-32(33)24-29-15-7-5-8-16-29)38-28(2)42-40-39(43-38)35-19-11-12-21-37(35)41(40,3)4/h5-13,15-23,26-27H,14,24-25H2,1-4H3. The number of fused-ring (bicyclic) bond motifs is 3. The molecule has 0 aliphatic heterocycles. The van der Waals surface area contributed by atoms with E-state index in [1.54, 1.807) is 0 Å². The van der Waals surface area contributed by atoms with E-state index in [0.717, 1.165) is 47.6 Å². The molecule has 0 fully saturated rings. The Morgan fingerprint density at radius 3 is 2.14 bits per heavy atom. The van der Waals surface area contributed by atoms with Crippen molar-refractivity contribution in [3.05, 3.63) is 160 Å². The molecule has 5 aromatic rings. The second kappa shape index (κ2) is 10.9. The van der Waals surface area contributed by atoms with Crippen LogP contribution in [0.5, 0.6) is 0 Å². The summed E-state index contributed by atoms with van der Waals surface area (Å²) in [5.41, 5.74) is 15.7. The molecule has 0 saturated carbocycles. The Kier molecular flexibility index (Phi) is 6.94. The van der Waals surface area contributed by atoms with E-state index in [0.29, 0.717) is 5.92 Å². The molecule has 2 nitrogen and oxygen atoms in total. The molecule has 2 heteroatoms. The van der Waals surface area contributed by atoms with Crippen LogP contribution >= 0.6 is 0 Å². The first-order valence-corrected chi connectivity index (χ1v) is 15.5. The molecule has 0 bridgehead atoms. The maximum Gasteiger partial charge on any atom is 0.0937 e. The Morgan fingerprint density at radius 2 is 1.40 bits per heavy atom. The molecule has 0 amide bonds. The largest absolute Gasteiger partial charge is 0.253 e. The molecule has 0 radical (unpaired) electrons. The van der Waals surface area contributed by atoms with Crippen molar-refractivity contribution in [2.45, 2.75) is 52.4 Å². The molecule has 0 saturated heterocycles. The predicted octanol–water partition coefficient (Wildman–Crippen LogP) is 9.94. The number of rotatable bonds is 6. The van der Waals surface area contributed by atoms with Gasteiger partial charge in [-0.15, -0.1) is 0 Å². The summed E-state index contributed by atoms with van der Waals surface area (Å²) in [6, 6.07) is 37.3. The zero-order valence-corrected chi connectivity index (χ0v) is 25.6. The summed E-state index contributed by atoms with van der Waals surface area (Å²) >= 11 is 0. The molecule has 0 spiro atoms. The fourth-order valence-electron chi connectivity index (χ4n) is 7.00. The Hall–Kier alpha value is -4.56. The van der Waals surface area contributed by atoms with Gasteiger partial charge in [0.2, 0.25) is 0 Å². The van der Waals surface area contributed by atoms with Crippen molar-refractivity contribution < 1.29 is 0 Å². The van der Waals surface area contributed by atoms with E-state index in [-0.39, 0.29) is 5.41 Å². The normalized spacial score (nSPS) is 16.7. The number of hydrogen-bond donors (Lipinski definition) is 0. The Labute approximate surface area is 255 Å². The lowest BCUT2D eigenvalue weighted by atomic mass is 9.80. The molecular weight excluding hydrogens is 520 g/mol. The summed E-state index contributed by atoms with van der Waals surface area (Å²) < 4.78 is 0. The molecule has 1 unspecified atom stereocenters. The maximum atomic E-state index is 5.34. The Morgan fingerprint density at radius 1 is 0.721 bits per heavy atom. The minimum absolute atomic E-state index is 0.157. The molecule has 0 N–H and O–H groups in total. The van der Waals surface area contributed by atoms with E-state index in [1.165, 1.54) is 44.5 Å². The third-order valence-corrected chi connectivity index (χ3v) is 9.38. The summed E-state index contributed by atoms with van der Waals surface area (Å²) in [6.45, 7) is 9.00. The van der Waals surface area contributed by atoms with Crippen LogP contribution in [0.4, 0.5) is 0 Å². The zero-order valence-electron chi connectivity index (χ0n) is 25.6. The van der Waals surface area contributed by atoms with E-state index in [1.807, 2.05) is 0 Å². The van der Waals surface area contributed by atoms with Gasteiger partial charge in [-0.3, -0.25) is 4.98 Å². The van der Waals surface area contributed by atoms with Gasteiger partial charge in [0.25, 0.3) is 0 Å². The maximum absolute atomic E-state index is 5.34. The highest BCUT2D eigenvalue weighted by Gasteiger charge is 2.38. The van der Waals surface area contributed by atoms with Gasteiger partial charge in [0.15, 0.2) is 0 Å². The van der Waals surface area contributed by atoms with E-state index in [9.17, 15) is 0 Å². The summed E-state index contributed by atoms with van der Waals surface area (Å²) in [5, 5.41) is 0. The fourth-order valence-corrected chi connectivity index (χ4v) is 7.00. The lowest BCUT2D eigenvalue weighted by Gasteiger charge is -2.25. The van der Waals surface area contributed by atoms with E-state index >= 15 is 0 Å². The molecule has 1 aromatic heterocycles. The molecule has 43 heavy (non-hydrogen) atoms. The van der Waals surface area contributed by atoms with Gasteiger partial charge in [-0.1, -0.05) is 136 Å².